The van der Waals surface area contributed by atoms with Crippen molar-refractivity contribution in [3.63, 3.8) is 0 Å². The molecule has 6 nitrogen and oxygen atoms in total. The summed E-state index contributed by atoms with van der Waals surface area (Å²) in [6, 6.07) is 11.1. The second kappa shape index (κ2) is 8.39. The maximum atomic E-state index is 12.9. The van der Waals surface area contributed by atoms with E-state index < -0.39 is 17.4 Å². The monoisotopic (exact) mass is 386 g/mol. The number of hydrogen-bond donors (Lipinski definition) is 3. The van der Waals surface area contributed by atoms with Crippen LogP contribution >= 0.6 is 0 Å². The smallest absolute Gasteiger partial charge is 0.309 e. The van der Waals surface area contributed by atoms with Crippen molar-refractivity contribution in [1.29, 1.82) is 0 Å². The van der Waals surface area contributed by atoms with Gasteiger partial charge in [0.05, 0.1) is 13.7 Å². The lowest BCUT2D eigenvalue weighted by atomic mass is 9.79. The zero-order valence-electron chi connectivity index (χ0n) is 15.6. The van der Waals surface area contributed by atoms with E-state index in [4.69, 9.17) is 4.74 Å². The van der Waals surface area contributed by atoms with Gasteiger partial charge in [0.1, 0.15) is 17.2 Å². The highest BCUT2D eigenvalue weighted by atomic mass is 19.1. The number of benzene rings is 2. The Bertz CT molecular complexity index is 869. The van der Waals surface area contributed by atoms with Gasteiger partial charge in [0.2, 0.25) is 0 Å². The van der Waals surface area contributed by atoms with Crippen molar-refractivity contribution in [2.45, 2.75) is 31.4 Å². The predicted octanol–water partition coefficient (Wildman–Crippen LogP) is 1.79. The van der Waals surface area contributed by atoms with Crippen LogP contribution in [-0.2, 0) is 28.2 Å². The summed E-state index contributed by atoms with van der Waals surface area (Å²) in [6.07, 6.45) is 2.08. The van der Waals surface area contributed by atoms with Crippen LogP contribution in [0.25, 0.3) is 0 Å². The third kappa shape index (κ3) is 4.48. The largest absolute Gasteiger partial charge is 0.497 e. The van der Waals surface area contributed by atoms with E-state index in [9.17, 15) is 19.1 Å². The molecule has 28 heavy (non-hydrogen) atoms. The summed E-state index contributed by atoms with van der Waals surface area (Å²) in [4.78, 5) is 24.1. The Morgan fingerprint density at radius 1 is 1.14 bits per heavy atom. The molecule has 1 atom stereocenters. The maximum absolute atomic E-state index is 12.9. The third-order valence-electron chi connectivity index (χ3n) is 4.96. The van der Waals surface area contributed by atoms with E-state index in [1.165, 1.54) is 24.3 Å². The highest BCUT2D eigenvalue weighted by Crippen LogP contribution is 2.36. The fraction of sp³-hybridized carbons (Fsp3) is 0.333. The third-order valence-corrected chi connectivity index (χ3v) is 4.96. The molecule has 1 aliphatic carbocycles. The summed E-state index contributed by atoms with van der Waals surface area (Å²) in [5, 5.41) is 16.0. The molecule has 148 valence electrons. The lowest BCUT2D eigenvalue weighted by Crippen LogP contribution is -2.47. The topological polar surface area (TPSA) is 87.7 Å². The fourth-order valence-electron chi connectivity index (χ4n) is 3.42. The number of methoxy groups -OCH3 is 1. The average Bonchev–Trinajstić information content (AvgIpc) is 2.71. The highest BCUT2D eigenvalue weighted by Gasteiger charge is 2.35. The molecule has 2 aromatic rings. The molecule has 0 aromatic heterocycles. The number of hydrogen-bond acceptors (Lipinski definition) is 4. The van der Waals surface area contributed by atoms with Crippen LogP contribution < -0.4 is 15.4 Å². The zero-order valence-corrected chi connectivity index (χ0v) is 15.6. The minimum atomic E-state index is -1.23. The zero-order chi connectivity index (χ0) is 20.1. The number of nitrogens with one attached hydrogen (secondary N) is 2. The number of aliphatic hydroxyl groups is 1. The normalized spacial score (nSPS) is 18.1. The Balaban J connectivity index is 1.58. The summed E-state index contributed by atoms with van der Waals surface area (Å²) in [7, 11) is 1.58. The molecule has 0 bridgehead atoms. The van der Waals surface area contributed by atoms with Crippen molar-refractivity contribution in [1.82, 2.24) is 10.6 Å². The van der Waals surface area contributed by atoms with Gasteiger partial charge in [-0.15, -0.1) is 0 Å². The highest BCUT2D eigenvalue weighted by molar-refractivity contribution is 6.35. The van der Waals surface area contributed by atoms with Crippen molar-refractivity contribution >= 4 is 11.8 Å². The van der Waals surface area contributed by atoms with Crippen LogP contribution in [0.2, 0.25) is 0 Å². The Morgan fingerprint density at radius 3 is 2.57 bits per heavy atom. The van der Waals surface area contributed by atoms with Gasteiger partial charge in [0.15, 0.2) is 0 Å². The minimum absolute atomic E-state index is 0.0604. The van der Waals surface area contributed by atoms with Crippen LogP contribution in [0.5, 0.6) is 5.75 Å². The molecular formula is C21H23FN2O4. The first kappa shape index (κ1) is 19.8. The summed E-state index contributed by atoms with van der Waals surface area (Å²) >= 11 is 0. The molecule has 0 radical (unpaired) electrons. The lowest BCUT2D eigenvalue weighted by molar-refractivity contribution is -0.140. The molecule has 0 saturated carbocycles. The molecule has 2 aromatic carbocycles. The fourth-order valence-corrected chi connectivity index (χ4v) is 3.42. The molecule has 0 heterocycles. The van der Waals surface area contributed by atoms with Crippen molar-refractivity contribution < 1.29 is 23.8 Å². The van der Waals surface area contributed by atoms with Gasteiger partial charge >= 0.3 is 11.8 Å². The maximum Gasteiger partial charge on any atom is 0.309 e. The van der Waals surface area contributed by atoms with Gasteiger partial charge in [-0.2, -0.15) is 0 Å². The van der Waals surface area contributed by atoms with E-state index in [0.717, 1.165) is 24.0 Å². The molecule has 3 N–H and O–H groups in total. The number of rotatable bonds is 5. The second-order valence-corrected chi connectivity index (χ2v) is 6.90. The first-order valence-corrected chi connectivity index (χ1v) is 9.11. The number of amides is 2. The van der Waals surface area contributed by atoms with Gasteiger partial charge in [-0.05, 0) is 60.2 Å². The van der Waals surface area contributed by atoms with Crippen molar-refractivity contribution in [2.75, 3.05) is 13.7 Å². The van der Waals surface area contributed by atoms with Crippen LogP contribution in [0.1, 0.15) is 29.5 Å². The molecule has 3 rings (SSSR count). The van der Waals surface area contributed by atoms with Gasteiger partial charge in [-0.25, -0.2) is 4.39 Å². The lowest BCUT2D eigenvalue weighted by Gasteiger charge is -2.34. The van der Waals surface area contributed by atoms with Gasteiger partial charge in [0, 0.05) is 6.54 Å². The molecule has 2 amide bonds. The molecular weight excluding hydrogens is 363 g/mol. The van der Waals surface area contributed by atoms with Crippen molar-refractivity contribution in [3.8, 4) is 5.75 Å². The van der Waals surface area contributed by atoms with E-state index in [-0.39, 0.29) is 18.9 Å². The Labute approximate surface area is 162 Å². The SMILES string of the molecule is COc1ccc2c(c1)CCCC2(O)CNC(=O)C(=O)NCc1ccc(F)cc1. The van der Waals surface area contributed by atoms with Gasteiger partial charge in [0.25, 0.3) is 0 Å². The van der Waals surface area contributed by atoms with E-state index in [1.54, 1.807) is 19.2 Å². The van der Waals surface area contributed by atoms with Gasteiger partial charge < -0.3 is 20.5 Å². The van der Waals surface area contributed by atoms with Crippen LogP contribution in [0, 0.1) is 5.82 Å². The van der Waals surface area contributed by atoms with E-state index >= 15 is 0 Å². The Morgan fingerprint density at radius 2 is 1.86 bits per heavy atom. The van der Waals surface area contributed by atoms with E-state index in [1.807, 2.05) is 6.07 Å². The van der Waals surface area contributed by atoms with Crippen LogP contribution in [-0.4, -0.2) is 30.6 Å². The molecule has 7 heteroatoms. The molecule has 0 saturated heterocycles. The summed E-state index contributed by atoms with van der Waals surface area (Å²) in [6.45, 7) is 0.0502. The van der Waals surface area contributed by atoms with Crippen molar-refractivity contribution in [3.05, 3.63) is 65.0 Å². The second-order valence-electron chi connectivity index (χ2n) is 6.90. The number of ether oxygens (including phenoxy) is 1. The molecule has 0 spiro atoms. The minimum Gasteiger partial charge on any atom is -0.497 e. The van der Waals surface area contributed by atoms with Crippen LogP contribution in [0.4, 0.5) is 4.39 Å². The number of carbonyl (C=O) groups is 2. The standard InChI is InChI=1S/C21H23FN2O4/c1-28-17-8-9-18-15(11-17)3-2-10-21(18,27)13-24-20(26)19(25)23-12-14-4-6-16(22)7-5-14/h4-9,11,27H,2-3,10,12-13H2,1H3,(H,23,25)(H,24,26). The number of fused-ring (bicyclic) bond motifs is 1. The van der Waals surface area contributed by atoms with Crippen LogP contribution in [0.3, 0.4) is 0 Å². The number of aryl methyl sites for hydroxylation is 1. The molecule has 1 aliphatic rings. The van der Waals surface area contributed by atoms with Crippen LogP contribution in [0.15, 0.2) is 42.5 Å². The summed E-state index contributed by atoms with van der Waals surface area (Å²) in [5.41, 5.74) is 1.17. The predicted molar refractivity (Wildman–Crippen MR) is 101 cm³/mol. The Hall–Kier alpha value is -2.93. The number of halogens is 1. The average molecular weight is 386 g/mol. The van der Waals surface area contributed by atoms with E-state index in [0.29, 0.717) is 17.7 Å². The molecule has 0 aliphatic heterocycles. The van der Waals surface area contributed by atoms with Gasteiger partial charge in [-0.3, -0.25) is 9.59 Å². The van der Waals surface area contributed by atoms with Crippen molar-refractivity contribution in [2.24, 2.45) is 0 Å². The quantitative estimate of drug-likeness (QED) is 0.684. The first-order valence-electron chi connectivity index (χ1n) is 9.11. The Kier molecular flexibility index (Phi) is 5.94. The molecule has 0 fully saturated rings. The first-order chi connectivity index (χ1) is 13.4. The molecule has 1 unspecified atom stereocenters. The summed E-state index contributed by atoms with van der Waals surface area (Å²) in [5.74, 6) is -1.28. The van der Waals surface area contributed by atoms with Gasteiger partial charge in [-0.1, -0.05) is 18.2 Å². The number of carbonyl (C=O) groups excluding carboxylic acids is 2. The van der Waals surface area contributed by atoms with E-state index in [2.05, 4.69) is 10.6 Å². The summed E-state index contributed by atoms with van der Waals surface area (Å²) < 4.78 is 18.1.